The van der Waals surface area contributed by atoms with Crippen LogP contribution in [0.5, 0.6) is 5.75 Å². The molecule has 0 spiro atoms. The van der Waals surface area contributed by atoms with Gasteiger partial charge >= 0.3 is 0 Å². The minimum atomic E-state index is -0.738. The highest BCUT2D eigenvalue weighted by molar-refractivity contribution is 7.98. The Kier molecular flexibility index (Phi) is 7.14. The lowest BCUT2D eigenvalue weighted by molar-refractivity contribution is 0.410. The van der Waals surface area contributed by atoms with Gasteiger partial charge in [-0.05, 0) is 38.3 Å². The van der Waals surface area contributed by atoms with E-state index in [9.17, 15) is 4.39 Å². The van der Waals surface area contributed by atoms with Gasteiger partial charge in [0, 0.05) is 35.5 Å². The molecule has 0 unspecified atom stereocenters. The third-order valence-electron chi connectivity index (χ3n) is 4.82. The number of nitrogens with one attached hydrogen (secondary N) is 3. The van der Waals surface area contributed by atoms with Gasteiger partial charge < -0.3 is 20.4 Å². The van der Waals surface area contributed by atoms with E-state index in [1.165, 1.54) is 36.9 Å². The van der Waals surface area contributed by atoms with Crippen LogP contribution < -0.4 is 15.0 Å². The van der Waals surface area contributed by atoms with Crippen LogP contribution in [0.2, 0.25) is 0 Å². The molecule has 10 heteroatoms. The lowest BCUT2D eigenvalue weighted by Crippen LogP contribution is -2.17. The first-order chi connectivity index (χ1) is 15.3. The number of thioether (sulfide) groups is 1. The Hall–Kier alpha value is -3.40. The van der Waals surface area contributed by atoms with Crippen LogP contribution in [-0.2, 0) is 0 Å². The van der Waals surface area contributed by atoms with Crippen molar-refractivity contribution in [3.8, 4) is 5.75 Å². The maximum absolute atomic E-state index is 15.8. The SMILES string of the molecule is C/C=C(\C=N)c1c(F)c(N(C)c2ccc(SC)cc2F)nc(Nc2cc(C)[nH]n2)c1OC. The van der Waals surface area contributed by atoms with E-state index in [2.05, 4.69) is 20.5 Å². The molecule has 168 valence electrons. The topological polar surface area (TPSA) is 89.9 Å². The largest absolute Gasteiger partial charge is 0.492 e. The molecule has 0 saturated carbocycles. The van der Waals surface area contributed by atoms with E-state index in [-0.39, 0.29) is 34.2 Å². The number of nitrogens with zero attached hydrogens (tertiary/aromatic N) is 3. The van der Waals surface area contributed by atoms with E-state index >= 15 is 4.39 Å². The molecule has 3 rings (SSSR count). The molecule has 0 bridgehead atoms. The molecule has 32 heavy (non-hydrogen) atoms. The highest BCUT2D eigenvalue weighted by Gasteiger charge is 2.26. The van der Waals surface area contributed by atoms with Crippen molar-refractivity contribution in [2.45, 2.75) is 18.7 Å². The number of methoxy groups -OCH3 is 1. The number of pyridine rings is 1. The Balaban J connectivity index is 2.23. The molecule has 2 heterocycles. The summed E-state index contributed by atoms with van der Waals surface area (Å²) in [6.45, 7) is 3.53. The van der Waals surface area contributed by atoms with Gasteiger partial charge in [0.05, 0.1) is 18.4 Å². The fourth-order valence-corrected chi connectivity index (χ4v) is 3.63. The summed E-state index contributed by atoms with van der Waals surface area (Å²) >= 11 is 1.41. The number of ether oxygens (including phenoxy) is 1. The minimum Gasteiger partial charge on any atom is -0.492 e. The van der Waals surface area contributed by atoms with Gasteiger partial charge in [-0.1, -0.05) is 6.08 Å². The minimum absolute atomic E-state index is 0.0396. The fourth-order valence-electron chi connectivity index (χ4n) is 3.20. The van der Waals surface area contributed by atoms with E-state index in [0.717, 1.165) is 16.8 Å². The average Bonchev–Trinajstić information content (AvgIpc) is 3.20. The predicted molar refractivity (Wildman–Crippen MR) is 126 cm³/mol. The van der Waals surface area contributed by atoms with Gasteiger partial charge in [-0.3, -0.25) is 5.10 Å². The number of rotatable bonds is 8. The molecule has 0 aliphatic carbocycles. The van der Waals surface area contributed by atoms with Crippen LogP contribution in [0.1, 0.15) is 18.2 Å². The van der Waals surface area contributed by atoms with Crippen molar-refractivity contribution in [1.29, 1.82) is 5.41 Å². The third-order valence-corrected chi connectivity index (χ3v) is 5.55. The summed E-state index contributed by atoms with van der Waals surface area (Å²) in [6, 6.07) is 6.47. The first kappa shape index (κ1) is 23.3. The zero-order chi connectivity index (χ0) is 23.4. The zero-order valence-corrected chi connectivity index (χ0v) is 19.2. The quantitative estimate of drug-likeness (QED) is 0.297. The van der Waals surface area contributed by atoms with Gasteiger partial charge in [0.15, 0.2) is 29.0 Å². The maximum Gasteiger partial charge on any atom is 0.177 e. The van der Waals surface area contributed by atoms with E-state index < -0.39 is 11.6 Å². The number of hydrogen-bond acceptors (Lipinski definition) is 7. The standard InChI is InChI=1S/C22H24F2N6OS/c1-6-13(11-25)18-19(24)22(30(3)16-8-7-14(32-5)10-15(16)23)27-21(20(18)31-4)26-17-9-12(2)28-29-17/h6-11,25H,1-5H3,(H2,26,27,28,29)/b13-6+,25-11?. The molecule has 7 nitrogen and oxygen atoms in total. The van der Waals surface area contributed by atoms with Gasteiger partial charge in [0.2, 0.25) is 0 Å². The Morgan fingerprint density at radius 3 is 2.59 bits per heavy atom. The van der Waals surface area contributed by atoms with Gasteiger partial charge in [0.1, 0.15) is 5.82 Å². The number of aromatic nitrogens is 3. The molecule has 2 aromatic heterocycles. The smallest absolute Gasteiger partial charge is 0.177 e. The second-order valence-electron chi connectivity index (χ2n) is 6.83. The van der Waals surface area contributed by atoms with E-state index in [1.807, 2.05) is 13.2 Å². The van der Waals surface area contributed by atoms with Crippen molar-refractivity contribution < 1.29 is 13.5 Å². The number of benzene rings is 1. The Bertz CT molecular complexity index is 1180. The molecule has 1 aromatic carbocycles. The number of H-pyrrole nitrogens is 1. The van der Waals surface area contributed by atoms with E-state index in [1.54, 1.807) is 31.2 Å². The van der Waals surface area contributed by atoms with Gasteiger partial charge in [0.25, 0.3) is 0 Å². The van der Waals surface area contributed by atoms with Crippen molar-refractivity contribution in [2.75, 3.05) is 30.6 Å². The summed E-state index contributed by atoms with van der Waals surface area (Å²) in [6.07, 6.45) is 4.47. The monoisotopic (exact) mass is 458 g/mol. The Labute approximate surface area is 189 Å². The van der Waals surface area contributed by atoms with Gasteiger partial charge in [-0.25, -0.2) is 13.8 Å². The molecule has 3 aromatic rings. The zero-order valence-electron chi connectivity index (χ0n) is 18.4. The lowest BCUT2D eigenvalue weighted by Gasteiger charge is -2.24. The van der Waals surface area contributed by atoms with Crippen molar-refractivity contribution in [3.63, 3.8) is 0 Å². The first-order valence-electron chi connectivity index (χ1n) is 9.65. The van der Waals surface area contributed by atoms with E-state index in [0.29, 0.717) is 5.82 Å². The number of anilines is 4. The molecule has 0 atom stereocenters. The van der Waals surface area contributed by atoms with Gasteiger partial charge in [-0.2, -0.15) is 5.10 Å². The second kappa shape index (κ2) is 9.82. The molecule has 3 N–H and O–H groups in total. The molecule has 0 fully saturated rings. The number of allylic oxidation sites excluding steroid dienone is 2. The van der Waals surface area contributed by atoms with Crippen LogP contribution in [-0.4, -0.2) is 41.8 Å². The maximum atomic E-state index is 15.8. The Morgan fingerprint density at radius 1 is 1.31 bits per heavy atom. The summed E-state index contributed by atoms with van der Waals surface area (Å²) < 4.78 is 36.0. The molecular formula is C22H24F2N6OS. The van der Waals surface area contributed by atoms with Crippen LogP contribution in [0.15, 0.2) is 35.2 Å². The van der Waals surface area contributed by atoms with Crippen LogP contribution in [0, 0.1) is 24.0 Å². The summed E-state index contributed by atoms with van der Waals surface area (Å²) in [7, 11) is 2.92. The van der Waals surface area contributed by atoms with Crippen LogP contribution in [0.4, 0.5) is 31.9 Å². The lowest BCUT2D eigenvalue weighted by atomic mass is 10.0. The van der Waals surface area contributed by atoms with Crippen molar-refractivity contribution in [1.82, 2.24) is 15.2 Å². The second-order valence-corrected chi connectivity index (χ2v) is 7.71. The Morgan fingerprint density at radius 2 is 2.06 bits per heavy atom. The summed E-state index contributed by atoms with van der Waals surface area (Å²) in [5.41, 5.74) is 1.30. The van der Waals surface area contributed by atoms with Gasteiger partial charge in [-0.15, -0.1) is 11.8 Å². The average molecular weight is 459 g/mol. The highest BCUT2D eigenvalue weighted by atomic mass is 32.2. The number of aromatic amines is 1. The number of halogens is 2. The highest BCUT2D eigenvalue weighted by Crippen LogP contribution is 2.41. The van der Waals surface area contributed by atoms with Crippen molar-refractivity contribution >= 4 is 46.7 Å². The first-order valence-corrected chi connectivity index (χ1v) is 10.9. The molecule has 0 saturated heterocycles. The summed E-state index contributed by atoms with van der Waals surface area (Å²) in [5, 5.41) is 17.7. The van der Waals surface area contributed by atoms with Crippen LogP contribution in [0.25, 0.3) is 5.57 Å². The fraction of sp³-hybridized carbons (Fsp3) is 0.227. The predicted octanol–water partition coefficient (Wildman–Crippen LogP) is 5.69. The molecule has 0 radical (unpaired) electrons. The van der Waals surface area contributed by atoms with Crippen molar-refractivity contribution in [3.05, 3.63) is 53.2 Å². The summed E-state index contributed by atoms with van der Waals surface area (Å²) in [5.74, 6) is -0.638. The number of aryl methyl sites for hydroxylation is 1. The third kappa shape index (κ3) is 4.45. The number of hydrogen-bond donors (Lipinski definition) is 3. The summed E-state index contributed by atoms with van der Waals surface area (Å²) in [4.78, 5) is 6.49. The van der Waals surface area contributed by atoms with Crippen LogP contribution in [0.3, 0.4) is 0 Å². The molecule has 0 aliphatic heterocycles. The van der Waals surface area contributed by atoms with E-state index in [4.69, 9.17) is 10.1 Å². The van der Waals surface area contributed by atoms with Crippen LogP contribution >= 0.6 is 11.8 Å². The molecule has 0 amide bonds. The van der Waals surface area contributed by atoms with Crippen molar-refractivity contribution in [2.24, 2.45) is 0 Å². The molecule has 0 aliphatic rings. The normalized spacial score (nSPS) is 11.4. The molecular weight excluding hydrogens is 434 g/mol.